The van der Waals surface area contributed by atoms with Crippen LogP contribution in [0, 0.1) is 4.64 Å². The van der Waals surface area contributed by atoms with Gasteiger partial charge in [0.2, 0.25) is 0 Å². The molecule has 28 heavy (non-hydrogen) atoms. The van der Waals surface area contributed by atoms with Gasteiger partial charge in [-0.25, -0.2) is 14.2 Å². The van der Waals surface area contributed by atoms with Gasteiger partial charge >= 0.3 is 5.97 Å². The standard InChI is InChI=1S/C18H17FN4O4S/c19-12-13(24)11(8-26-17(25)9-4-2-1-3-5-9)27-16(12)23-7-6-10-14(23)21-18(20)22-15(10)28/h1-7,11-13,16,24H,8H2,(H3,20,21,22,28)/t11-,12+,13-,16-/m1/s1. The monoisotopic (exact) mass is 404 g/mol. The van der Waals surface area contributed by atoms with Crippen molar-refractivity contribution < 1.29 is 23.8 Å². The van der Waals surface area contributed by atoms with Crippen molar-refractivity contribution in [3.63, 3.8) is 0 Å². The largest absolute Gasteiger partial charge is 0.459 e. The predicted octanol–water partition coefficient (Wildman–Crippen LogP) is 2.13. The van der Waals surface area contributed by atoms with Crippen LogP contribution in [0.25, 0.3) is 11.0 Å². The number of nitrogens with two attached hydrogens (primary N) is 1. The molecule has 0 spiro atoms. The first-order valence-corrected chi connectivity index (χ1v) is 8.92. The van der Waals surface area contributed by atoms with Crippen LogP contribution in [-0.2, 0) is 9.47 Å². The van der Waals surface area contributed by atoms with Crippen molar-refractivity contribution in [3.05, 3.63) is 52.8 Å². The summed E-state index contributed by atoms with van der Waals surface area (Å²) in [6, 6.07) is 10.0. The van der Waals surface area contributed by atoms with Crippen molar-refractivity contribution in [1.82, 2.24) is 14.5 Å². The van der Waals surface area contributed by atoms with Crippen molar-refractivity contribution >= 4 is 35.2 Å². The summed E-state index contributed by atoms with van der Waals surface area (Å²) in [6.45, 7) is -0.287. The molecular weight excluding hydrogens is 387 g/mol. The van der Waals surface area contributed by atoms with E-state index < -0.39 is 30.6 Å². The van der Waals surface area contributed by atoms with Crippen LogP contribution in [0.4, 0.5) is 10.3 Å². The number of halogens is 1. The highest BCUT2D eigenvalue weighted by Crippen LogP contribution is 2.34. The fraction of sp³-hybridized carbons (Fsp3) is 0.278. The molecule has 1 fully saturated rings. The number of anilines is 1. The topological polar surface area (TPSA) is 115 Å². The fourth-order valence-electron chi connectivity index (χ4n) is 3.16. The lowest BCUT2D eigenvalue weighted by Crippen LogP contribution is -2.32. The Hall–Kier alpha value is -2.82. The van der Waals surface area contributed by atoms with Crippen LogP contribution in [0.1, 0.15) is 16.6 Å². The average molecular weight is 404 g/mol. The number of aliphatic hydroxyl groups excluding tert-OH is 1. The summed E-state index contributed by atoms with van der Waals surface area (Å²) in [6.07, 6.45) is -3.80. The van der Waals surface area contributed by atoms with E-state index in [-0.39, 0.29) is 17.2 Å². The highest BCUT2D eigenvalue weighted by molar-refractivity contribution is 7.71. The molecule has 1 aliphatic rings. The number of nitrogen functional groups attached to an aromatic ring is 1. The summed E-state index contributed by atoms with van der Waals surface area (Å²) in [4.78, 5) is 18.8. The maximum atomic E-state index is 14.7. The minimum Gasteiger partial charge on any atom is -0.459 e. The summed E-state index contributed by atoms with van der Waals surface area (Å²) < 4.78 is 27.3. The van der Waals surface area contributed by atoms with E-state index in [0.717, 1.165) is 0 Å². The number of rotatable bonds is 4. The lowest BCUT2D eigenvalue weighted by Gasteiger charge is -2.16. The number of esters is 1. The van der Waals surface area contributed by atoms with Crippen LogP contribution >= 0.6 is 12.2 Å². The molecule has 0 bridgehead atoms. The van der Waals surface area contributed by atoms with Crippen molar-refractivity contribution in [2.24, 2.45) is 0 Å². The molecule has 1 aliphatic heterocycles. The van der Waals surface area contributed by atoms with Crippen LogP contribution in [0.5, 0.6) is 0 Å². The highest BCUT2D eigenvalue weighted by Gasteiger charge is 2.46. The highest BCUT2D eigenvalue weighted by atomic mass is 32.1. The van der Waals surface area contributed by atoms with Crippen LogP contribution in [0.2, 0.25) is 0 Å². The third kappa shape index (κ3) is 3.26. The number of H-pyrrole nitrogens is 1. The lowest BCUT2D eigenvalue weighted by atomic mass is 10.1. The van der Waals surface area contributed by atoms with Crippen LogP contribution < -0.4 is 5.73 Å². The van der Waals surface area contributed by atoms with Gasteiger partial charge in [-0.2, -0.15) is 0 Å². The van der Waals surface area contributed by atoms with E-state index in [0.29, 0.717) is 16.6 Å². The Balaban J connectivity index is 1.52. The van der Waals surface area contributed by atoms with E-state index in [1.54, 1.807) is 42.6 Å². The third-order valence-electron chi connectivity index (χ3n) is 4.57. The van der Waals surface area contributed by atoms with Gasteiger partial charge in [0.15, 0.2) is 18.3 Å². The molecule has 4 N–H and O–H groups in total. The second kappa shape index (κ2) is 7.30. The number of aromatic nitrogens is 3. The zero-order chi connectivity index (χ0) is 19.8. The number of carbonyl (C=O) groups excluding carboxylic acids is 1. The Morgan fingerprint density at radius 1 is 1.39 bits per heavy atom. The zero-order valence-corrected chi connectivity index (χ0v) is 15.3. The molecule has 4 atom stereocenters. The normalized spacial score (nSPS) is 24.5. The average Bonchev–Trinajstić information content (AvgIpc) is 3.22. The number of aliphatic hydroxyl groups is 1. The summed E-state index contributed by atoms with van der Waals surface area (Å²) in [7, 11) is 0. The number of aromatic amines is 1. The SMILES string of the molecule is Nc1nc(=S)c2ccn([C@@H]3O[C@H](COC(=O)c4ccccc4)[C@@H](O)[C@@H]3F)c2[nH]1. The number of nitrogens with one attached hydrogen (secondary N) is 1. The molecule has 3 aromatic rings. The summed E-state index contributed by atoms with van der Waals surface area (Å²) in [5, 5.41) is 10.8. The van der Waals surface area contributed by atoms with Gasteiger partial charge in [0.25, 0.3) is 0 Å². The van der Waals surface area contributed by atoms with Gasteiger partial charge in [-0.15, -0.1) is 0 Å². The number of nitrogens with zero attached hydrogens (tertiary/aromatic N) is 2. The molecule has 3 heterocycles. The number of fused-ring (bicyclic) bond motifs is 1. The molecule has 10 heteroatoms. The molecule has 4 rings (SSSR count). The molecule has 0 amide bonds. The van der Waals surface area contributed by atoms with Crippen molar-refractivity contribution in [3.8, 4) is 0 Å². The second-order valence-corrected chi connectivity index (χ2v) is 6.76. The third-order valence-corrected chi connectivity index (χ3v) is 4.88. The summed E-state index contributed by atoms with van der Waals surface area (Å²) in [5.74, 6) is -0.496. The molecule has 2 aromatic heterocycles. The molecule has 8 nitrogen and oxygen atoms in total. The van der Waals surface area contributed by atoms with Crippen molar-refractivity contribution in [1.29, 1.82) is 0 Å². The Labute approximate surface area is 163 Å². The lowest BCUT2D eigenvalue weighted by molar-refractivity contribution is -0.0527. The van der Waals surface area contributed by atoms with Gasteiger partial charge in [-0.3, -0.25) is 0 Å². The van der Waals surface area contributed by atoms with Crippen molar-refractivity contribution in [2.75, 3.05) is 12.3 Å². The summed E-state index contributed by atoms with van der Waals surface area (Å²) >= 11 is 5.16. The molecule has 1 saturated heterocycles. The zero-order valence-electron chi connectivity index (χ0n) is 14.5. The molecule has 0 saturated carbocycles. The van der Waals surface area contributed by atoms with Crippen LogP contribution in [-0.4, -0.2) is 50.6 Å². The van der Waals surface area contributed by atoms with E-state index in [2.05, 4.69) is 9.97 Å². The van der Waals surface area contributed by atoms with E-state index in [9.17, 15) is 14.3 Å². The van der Waals surface area contributed by atoms with Crippen LogP contribution in [0.3, 0.4) is 0 Å². The smallest absolute Gasteiger partial charge is 0.338 e. The number of benzene rings is 1. The van der Waals surface area contributed by atoms with Crippen molar-refractivity contribution in [2.45, 2.75) is 24.6 Å². The molecule has 0 unspecified atom stereocenters. The summed E-state index contributed by atoms with van der Waals surface area (Å²) in [5.41, 5.74) is 6.48. The number of carbonyl (C=O) groups is 1. The van der Waals surface area contributed by atoms with E-state index in [1.165, 1.54) is 4.57 Å². The Bertz CT molecular complexity index is 1070. The van der Waals surface area contributed by atoms with Crippen LogP contribution in [0.15, 0.2) is 42.6 Å². The molecule has 0 aliphatic carbocycles. The number of ether oxygens (including phenoxy) is 2. The van der Waals surface area contributed by atoms with Gasteiger partial charge in [0.1, 0.15) is 29.1 Å². The van der Waals surface area contributed by atoms with Gasteiger partial charge in [-0.05, 0) is 18.2 Å². The minimum atomic E-state index is -1.74. The molecule has 0 radical (unpaired) electrons. The van der Waals surface area contributed by atoms with E-state index >= 15 is 0 Å². The first kappa shape index (κ1) is 18.5. The quantitative estimate of drug-likeness (QED) is 0.451. The predicted molar refractivity (Wildman–Crippen MR) is 101 cm³/mol. The number of alkyl halides is 1. The number of hydrogen-bond acceptors (Lipinski definition) is 7. The van der Waals surface area contributed by atoms with E-state index in [4.69, 9.17) is 27.4 Å². The Morgan fingerprint density at radius 2 is 2.14 bits per heavy atom. The first-order chi connectivity index (χ1) is 13.5. The molecular formula is C18H17FN4O4S. The first-order valence-electron chi connectivity index (χ1n) is 8.52. The second-order valence-electron chi connectivity index (χ2n) is 6.38. The molecule has 1 aromatic carbocycles. The van der Waals surface area contributed by atoms with Gasteiger partial charge in [-0.1, -0.05) is 30.4 Å². The Morgan fingerprint density at radius 3 is 2.89 bits per heavy atom. The fourth-order valence-corrected chi connectivity index (χ4v) is 3.43. The minimum absolute atomic E-state index is 0.0831. The molecule has 146 valence electrons. The Kier molecular flexibility index (Phi) is 4.84. The van der Waals surface area contributed by atoms with Gasteiger partial charge in [0.05, 0.1) is 10.9 Å². The maximum absolute atomic E-state index is 14.7. The number of hydrogen-bond donors (Lipinski definition) is 3. The maximum Gasteiger partial charge on any atom is 0.338 e. The van der Waals surface area contributed by atoms with Gasteiger partial charge in [0, 0.05) is 6.20 Å². The van der Waals surface area contributed by atoms with Gasteiger partial charge < -0.3 is 29.9 Å². The van der Waals surface area contributed by atoms with E-state index in [1.807, 2.05) is 0 Å².